The topological polar surface area (TPSA) is 75.9 Å². The normalized spacial score (nSPS) is 19.5. The molecule has 1 aliphatic heterocycles. The SMILES string of the molecule is Cc1noc2ncnc(NCCC3CCCN3)c12. The summed E-state index contributed by atoms with van der Waals surface area (Å²) in [6.07, 6.45) is 5.17. The largest absolute Gasteiger partial charge is 0.369 e. The first-order valence-corrected chi connectivity index (χ1v) is 6.39. The Balaban J connectivity index is 1.68. The summed E-state index contributed by atoms with van der Waals surface area (Å²) < 4.78 is 5.12. The minimum absolute atomic E-state index is 0.545. The van der Waals surface area contributed by atoms with Crippen molar-refractivity contribution in [2.75, 3.05) is 18.4 Å². The number of rotatable bonds is 4. The van der Waals surface area contributed by atoms with Gasteiger partial charge in [-0.25, -0.2) is 4.98 Å². The lowest BCUT2D eigenvalue weighted by molar-refractivity contribution is 0.442. The van der Waals surface area contributed by atoms with E-state index in [9.17, 15) is 0 Å². The van der Waals surface area contributed by atoms with Crippen molar-refractivity contribution in [2.45, 2.75) is 32.2 Å². The number of nitrogens with zero attached hydrogens (tertiary/aromatic N) is 3. The van der Waals surface area contributed by atoms with Crippen molar-refractivity contribution in [1.29, 1.82) is 0 Å². The van der Waals surface area contributed by atoms with Gasteiger partial charge in [0.15, 0.2) is 0 Å². The molecule has 3 heterocycles. The lowest BCUT2D eigenvalue weighted by Gasteiger charge is -2.11. The third kappa shape index (κ3) is 2.15. The number of anilines is 1. The summed E-state index contributed by atoms with van der Waals surface area (Å²) in [7, 11) is 0. The van der Waals surface area contributed by atoms with E-state index in [1.807, 2.05) is 6.92 Å². The Morgan fingerprint density at radius 3 is 3.28 bits per heavy atom. The maximum atomic E-state index is 5.12. The molecule has 0 radical (unpaired) electrons. The number of hydrogen-bond acceptors (Lipinski definition) is 6. The molecular formula is C12H17N5O. The Morgan fingerprint density at radius 2 is 2.44 bits per heavy atom. The van der Waals surface area contributed by atoms with E-state index in [0.717, 1.165) is 36.4 Å². The molecule has 0 aliphatic carbocycles. The first kappa shape index (κ1) is 11.4. The molecular weight excluding hydrogens is 230 g/mol. The van der Waals surface area contributed by atoms with E-state index < -0.39 is 0 Å². The van der Waals surface area contributed by atoms with Crippen LogP contribution in [0.2, 0.25) is 0 Å². The predicted molar refractivity (Wildman–Crippen MR) is 68.5 cm³/mol. The van der Waals surface area contributed by atoms with Crippen molar-refractivity contribution >= 4 is 16.9 Å². The minimum Gasteiger partial charge on any atom is -0.369 e. The van der Waals surface area contributed by atoms with Crippen LogP contribution in [0.4, 0.5) is 5.82 Å². The number of aromatic nitrogens is 3. The van der Waals surface area contributed by atoms with Crippen molar-refractivity contribution in [3.63, 3.8) is 0 Å². The Kier molecular flexibility index (Phi) is 3.10. The van der Waals surface area contributed by atoms with Crippen LogP contribution in [0.3, 0.4) is 0 Å². The van der Waals surface area contributed by atoms with E-state index in [0.29, 0.717) is 11.8 Å². The summed E-state index contributed by atoms with van der Waals surface area (Å²) in [6.45, 7) is 3.94. The highest BCUT2D eigenvalue weighted by Crippen LogP contribution is 2.22. The van der Waals surface area contributed by atoms with Gasteiger partial charge < -0.3 is 15.2 Å². The number of aryl methyl sites for hydroxylation is 1. The van der Waals surface area contributed by atoms with Crippen LogP contribution in [0, 0.1) is 6.92 Å². The molecule has 1 fully saturated rings. The van der Waals surface area contributed by atoms with Crippen LogP contribution in [0.25, 0.3) is 11.1 Å². The van der Waals surface area contributed by atoms with Gasteiger partial charge in [0, 0.05) is 12.6 Å². The van der Waals surface area contributed by atoms with Crippen LogP contribution in [-0.4, -0.2) is 34.3 Å². The molecule has 6 nitrogen and oxygen atoms in total. The summed E-state index contributed by atoms with van der Waals surface area (Å²) in [5, 5.41) is 11.6. The van der Waals surface area contributed by atoms with Gasteiger partial charge >= 0.3 is 0 Å². The van der Waals surface area contributed by atoms with Gasteiger partial charge in [0.25, 0.3) is 5.71 Å². The summed E-state index contributed by atoms with van der Waals surface area (Å²) in [4.78, 5) is 8.32. The van der Waals surface area contributed by atoms with Crippen molar-refractivity contribution in [3.05, 3.63) is 12.0 Å². The first-order valence-electron chi connectivity index (χ1n) is 6.39. The van der Waals surface area contributed by atoms with Crippen molar-refractivity contribution in [3.8, 4) is 0 Å². The van der Waals surface area contributed by atoms with E-state index in [1.54, 1.807) is 0 Å². The second-order valence-electron chi connectivity index (χ2n) is 4.68. The minimum atomic E-state index is 0.545. The van der Waals surface area contributed by atoms with Gasteiger partial charge in [0.05, 0.1) is 5.69 Å². The standard InChI is InChI=1S/C12H17N5O/c1-8-10-11(15-7-16-12(10)18-17-8)14-6-4-9-3-2-5-13-9/h7,9,13H,2-6H2,1H3,(H,14,15,16). The van der Waals surface area contributed by atoms with Crippen LogP contribution in [-0.2, 0) is 0 Å². The smallest absolute Gasteiger partial charge is 0.263 e. The van der Waals surface area contributed by atoms with Crippen LogP contribution < -0.4 is 10.6 Å². The van der Waals surface area contributed by atoms with Gasteiger partial charge in [-0.3, -0.25) is 0 Å². The molecule has 3 rings (SSSR count). The highest BCUT2D eigenvalue weighted by molar-refractivity contribution is 5.87. The highest BCUT2D eigenvalue weighted by Gasteiger charge is 2.15. The fourth-order valence-electron chi connectivity index (χ4n) is 2.42. The van der Waals surface area contributed by atoms with Crippen molar-refractivity contribution in [2.24, 2.45) is 0 Å². The van der Waals surface area contributed by atoms with Gasteiger partial charge in [-0.1, -0.05) is 5.16 Å². The van der Waals surface area contributed by atoms with Gasteiger partial charge in [-0.05, 0) is 32.7 Å². The van der Waals surface area contributed by atoms with Gasteiger partial charge in [-0.15, -0.1) is 0 Å². The molecule has 1 atom stereocenters. The molecule has 0 spiro atoms. The molecule has 18 heavy (non-hydrogen) atoms. The Bertz CT molecular complexity index is 532. The molecule has 1 saturated heterocycles. The molecule has 0 saturated carbocycles. The van der Waals surface area contributed by atoms with Gasteiger partial charge in [0.2, 0.25) is 0 Å². The quantitative estimate of drug-likeness (QED) is 0.852. The van der Waals surface area contributed by atoms with Crippen molar-refractivity contribution in [1.82, 2.24) is 20.4 Å². The van der Waals surface area contributed by atoms with Crippen LogP contribution in [0.5, 0.6) is 0 Å². The van der Waals surface area contributed by atoms with Crippen LogP contribution in [0.15, 0.2) is 10.9 Å². The van der Waals surface area contributed by atoms with E-state index in [4.69, 9.17) is 4.52 Å². The predicted octanol–water partition coefficient (Wildman–Crippen LogP) is 1.48. The van der Waals surface area contributed by atoms with E-state index in [1.165, 1.54) is 19.2 Å². The Labute approximate surface area is 105 Å². The zero-order chi connectivity index (χ0) is 12.4. The summed E-state index contributed by atoms with van der Waals surface area (Å²) >= 11 is 0. The molecule has 96 valence electrons. The third-order valence-corrected chi connectivity index (χ3v) is 3.39. The van der Waals surface area contributed by atoms with Gasteiger partial charge in [-0.2, -0.15) is 4.98 Å². The molecule has 0 bridgehead atoms. The fraction of sp³-hybridized carbons (Fsp3) is 0.583. The third-order valence-electron chi connectivity index (χ3n) is 3.39. The maximum Gasteiger partial charge on any atom is 0.263 e. The Hall–Kier alpha value is -1.69. The van der Waals surface area contributed by atoms with Crippen LogP contribution >= 0.6 is 0 Å². The summed E-state index contributed by atoms with van der Waals surface area (Å²) in [5.74, 6) is 0.816. The number of hydrogen-bond donors (Lipinski definition) is 2. The molecule has 2 N–H and O–H groups in total. The first-order chi connectivity index (χ1) is 8.84. The average molecular weight is 247 g/mol. The van der Waals surface area contributed by atoms with E-state index >= 15 is 0 Å². The molecule has 1 aliphatic rings. The summed E-state index contributed by atoms with van der Waals surface area (Å²) in [5.41, 5.74) is 1.37. The number of nitrogens with one attached hydrogen (secondary N) is 2. The lowest BCUT2D eigenvalue weighted by Crippen LogP contribution is -2.24. The zero-order valence-electron chi connectivity index (χ0n) is 10.4. The van der Waals surface area contributed by atoms with Crippen LogP contribution in [0.1, 0.15) is 25.0 Å². The second-order valence-corrected chi connectivity index (χ2v) is 4.68. The fourth-order valence-corrected chi connectivity index (χ4v) is 2.42. The molecule has 6 heteroatoms. The maximum absolute atomic E-state index is 5.12. The average Bonchev–Trinajstić information content (AvgIpc) is 3.00. The summed E-state index contributed by atoms with van der Waals surface area (Å²) in [6, 6.07) is 0.637. The molecule has 2 aromatic heterocycles. The van der Waals surface area contributed by atoms with E-state index in [2.05, 4.69) is 25.8 Å². The molecule has 0 amide bonds. The Morgan fingerprint density at radius 1 is 1.50 bits per heavy atom. The zero-order valence-corrected chi connectivity index (χ0v) is 10.4. The van der Waals surface area contributed by atoms with E-state index in [-0.39, 0.29) is 0 Å². The lowest BCUT2D eigenvalue weighted by atomic mass is 10.1. The van der Waals surface area contributed by atoms with Gasteiger partial charge in [0.1, 0.15) is 17.5 Å². The monoisotopic (exact) mass is 247 g/mol. The molecule has 2 aromatic rings. The number of fused-ring (bicyclic) bond motifs is 1. The highest BCUT2D eigenvalue weighted by atomic mass is 16.5. The van der Waals surface area contributed by atoms with Crippen molar-refractivity contribution < 1.29 is 4.52 Å². The molecule has 1 unspecified atom stereocenters. The second kappa shape index (κ2) is 4.89. The molecule has 0 aromatic carbocycles.